The smallest absolute Gasteiger partial charge is 0.261 e. The predicted molar refractivity (Wildman–Crippen MR) is 112 cm³/mol. The molecule has 2 aromatic carbocycles. The topological polar surface area (TPSA) is 92.3 Å². The van der Waals surface area contributed by atoms with Crippen LogP contribution in [0, 0.1) is 13.8 Å². The fourth-order valence-corrected chi connectivity index (χ4v) is 3.63. The monoisotopic (exact) mass is 400 g/mol. The van der Waals surface area contributed by atoms with Gasteiger partial charge in [0.05, 0.1) is 23.2 Å². The number of hydrogen-bond donors (Lipinski definition) is 1. The third-order valence-electron chi connectivity index (χ3n) is 5.12. The van der Waals surface area contributed by atoms with Crippen molar-refractivity contribution >= 4 is 23.5 Å². The molecule has 0 bridgehead atoms. The quantitative estimate of drug-likeness (QED) is 0.679. The standard InChI is InChI=1S/C23H20N4O3/c1-13-10-15(21-17(11-13)22(29)27(3)23(21)30)12-20(28)24-19-9-8-18(25-26-19)16-7-5-4-6-14(16)2/h4-11H,12H2,1-3H3,(H,24,26,28). The molecule has 0 radical (unpaired) electrons. The molecular formula is C23H20N4O3. The first-order valence-electron chi connectivity index (χ1n) is 9.50. The van der Waals surface area contributed by atoms with Crippen LogP contribution in [0.3, 0.4) is 0 Å². The van der Waals surface area contributed by atoms with E-state index in [4.69, 9.17) is 0 Å². The molecule has 0 aliphatic carbocycles. The number of aryl methyl sites for hydroxylation is 2. The van der Waals surface area contributed by atoms with E-state index in [1.54, 1.807) is 24.3 Å². The van der Waals surface area contributed by atoms with Gasteiger partial charge in [-0.1, -0.05) is 30.3 Å². The van der Waals surface area contributed by atoms with Gasteiger partial charge in [-0.25, -0.2) is 0 Å². The Hall–Kier alpha value is -3.87. The number of nitrogens with one attached hydrogen (secondary N) is 1. The number of rotatable bonds is 4. The number of carbonyl (C=O) groups is 3. The average Bonchev–Trinajstić information content (AvgIpc) is 2.93. The van der Waals surface area contributed by atoms with E-state index in [9.17, 15) is 14.4 Å². The molecule has 1 aliphatic heterocycles. The Bertz CT molecular complexity index is 1190. The Kier molecular flexibility index (Phi) is 4.87. The summed E-state index contributed by atoms with van der Waals surface area (Å²) in [7, 11) is 1.44. The zero-order chi connectivity index (χ0) is 21.4. The van der Waals surface area contributed by atoms with E-state index in [-0.39, 0.29) is 24.1 Å². The van der Waals surface area contributed by atoms with Crippen molar-refractivity contribution in [2.24, 2.45) is 0 Å². The van der Waals surface area contributed by atoms with E-state index in [1.165, 1.54) is 7.05 Å². The van der Waals surface area contributed by atoms with Crippen LogP contribution in [0.1, 0.15) is 37.4 Å². The molecule has 3 aromatic rings. The van der Waals surface area contributed by atoms with Crippen molar-refractivity contribution in [2.75, 3.05) is 12.4 Å². The Morgan fingerprint density at radius 2 is 1.73 bits per heavy atom. The maximum atomic E-state index is 12.6. The molecule has 0 spiro atoms. The lowest BCUT2D eigenvalue weighted by Crippen LogP contribution is -2.25. The van der Waals surface area contributed by atoms with Crippen LogP contribution in [0.15, 0.2) is 48.5 Å². The van der Waals surface area contributed by atoms with Gasteiger partial charge in [-0.15, -0.1) is 10.2 Å². The van der Waals surface area contributed by atoms with Crippen LogP contribution < -0.4 is 5.32 Å². The van der Waals surface area contributed by atoms with Gasteiger partial charge in [0.1, 0.15) is 0 Å². The number of benzene rings is 2. The van der Waals surface area contributed by atoms with Crippen LogP contribution in [0.25, 0.3) is 11.3 Å². The van der Waals surface area contributed by atoms with Crippen molar-refractivity contribution in [3.05, 3.63) is 76.3 Å². The predicted octanol–water partition coefficient (Wildman–Crippen LogP) is 3.17. The molecular weight excluding hydrogens is 380 g/mol. The summed E-state index contributed by atoms with van der Waals surface area (Å²) in [5.74, 6) is -0.755. The summed E-state index contributed by atoms with van der Waals surface area (Å²) in [6.45, 7) is 3.82. The van der Waals surface area contributed by atoms with Crippen LogP contribution >= 0.6 is 0 Å². The van der Waals surface area contributed by atoms with Gasteiger partial charge < -0.3 is 5.32 Å². The SMILES string of the molecule is Cc1cc(CC(=O)Nc2ccc(-c3ccccc3C)nn2)c2c(c1)C(=O)N(C)C2=O. The number of anilines is 1. The molecule has 4 rings (SSSR count). The highest BCUT2D eigenvalue weighted by Crippen LogP contribution is 2.27. The number of amides is 3. The molecule has 1 N–H and O–H groups in total. The molecule has 0 unspecified atom stereocenters. The van der Waals surface area contributed by atoms with Gasteiger partial charge in [0.15, 0.2) is 5.82 Å². The van der Waals surface area contributed by atoms with Gasteiger partial charge in [0.2, 0.25) is 5.91 Å². The van der Waals surface area contributed by atoms with E-state index in [0.717, 1.165) is 27.3 Å². The number of imide groups is 1. The summed E-state index contributed by atoms with van der Waals surface area (Å²) >= 11 is 0. The molecule has 3 amide bonds. The van der Waals surface area contributed by atoms with Crippen molar-refractivity contribution in [3.63, 3.8) is 0 Å². The van der Waals surface area contributed by atoms with Crippen molar-refractivity contribution in [1.29, 1.82) is 0 Å². The summed E-state index contributed by atoms with van der Waals surface area (Å²) in [4.78, 5) is 38.3. The number of aromatic nitrogens is 2. The molecule has 150 valence electrons. The second-order valence-corrected chi connectivity index (χ2v) is 7.36. The normalized spacial score (nSPS) is 12.8. The summed E-state index contributed by atoms with van der Waals surface area (Å²) in [6.07, 6.45) is -0.0436. The molecule has 7 nitrogen and oxygen atoms in total. The van der Waals surface area contributed by atoms with Gasteiger partial charge in [0, 0.05) is 12.6 Å². The highest BCUT2D eigenvalue weighted by atomic mass is 16.2. The summed E-state index contributed by atoms with van der Waals surface area (Å²) in [6, 6.07) is 14.8. The van der Waals surface area contributed by atoms with Crippen molar-refractivity contribution in [1.82, 2.24) is 15.1 Å². The van der Waals surface area contributed by atoms with Crippen LogP contribution in [-0.2, 0) is 11.2 Å². The Labute approximate surface area is 173 Å². The molecule has 0 fully saturated rings. The summed E-state index contributed by atoms with van der Waals surface area (Å²) < 4.78 is 0. The lowest BCUT2D eigenvalue weighted by atomic mass is 9.97. The van der Waals surface area contributed by atoms with Crippen LogP contribution in [-0.4, -0.2) is 39.9 Å². The fraction of sp³-hybridized carbons (Fsp3) is 0.174. The zero-order valence-electron chi connectivity index (χ0n) is 16.9. The van der Waals surface area contributed by atoms with Crippen molar-refractivity contribution in [2.45, 2.75) is 20.3 Å². The van der Waals surface area contributed by atoms with Crippen molar-refractivity contribution < 1.29 is 14.4 Å². The summed E-state index contributed by atoms with van der Waals surface area (Å²) in [5, 5.41) is 11.0. The first kappa shape index (κ1) is 19.4. The summed E-state index contributed by atoms with van der Waals surface area (Å²) in [5.41, 5.74) is 4.75. The van der Waals surface area contributed by atoms with Crippen molar-refractivity contribution in [3.8, 4) is 11.3 Å². The lowest BCUT2D eigenvalue weighted by molar-refractivity contribution is -0.115. The molecule has 0 saturated carbocycles. The lowest BCUT2D eigenvalue weighted by Gasteiger charge is -2.09. The van der Waals surface area contributed by atoms with Gasteiger partial charge in [-0.3, -0.25) is 19.3 Å². The second kappa shape index (κ2) is 7.51. The van der Waals surface area contributed by atoms with Gasteiger partial charge in [0.25, 0.3) is 11.8 Å². The Balaban J connectivity index is 1.53. The molecule has 0 atom stereocenters. The third kappa shape index (κ3) is 3.45. The van der Waals surface area contributed by atoms with Gasteiger partial charge in [-0.05, 0) is 48.7 Å². The molecule has 0 saturated heterocycles. The van der Waals surface area contributed by atoms with Crippen LogP contribution in [0.2, 0.25) is 0 Å². The highest BCUT2D eigenvalue weighted by molar-refractivity contribution is 6.22. The van der Waals surface area contributed by atoms with E-state index in [0.29, 0.717) is 22.5 Å². The molecule has 7 heteroatoms. The number of nitrogens with zero attached hydrogens (tertiary/aromatic N) is 3. The van der Waals surface area contributed by atoms with E-state index in [2.05, 4.69) is 15.5 Å². The largest absolute Gasteiger partial charge is 0.309 e. The minimum absolute atomic E-state index is 0.0436. The average molecular weight is 400 g/mol. The maximum Gasteiger partial charge on any atom is 0.261 e. The number of carbonyl (C=O) groups excluding carboxylic acids is 3. The maximum absolute atomic E-state index is 12.6. The van der Waals surface area contributed by atoms with Gasteiger partial charge >= 0.3 is 0 Å². The molecule has 30 heavy (non-hydrogen) atoms. The van der Waals surface area contributed by atoms with E-state index >= 15 is 0 Å². The minimum atomic E-state index is -0.389. The van der Waals surface area contributed by atoms with E-state index in [1.807, 2.05) is 38.1 Å². The molecule has 1 aromatic heterocycles. The second-order valence-electron chi connectivity index (χ2n) is 7.36. The number of hydrogen-bond acceptors (Lipinski definition) is 5. The van der Waals surface area contributed by atoms with Crippen LogP contribution in [0.5, 0.6) is 0 Å². The minimum Gasteiger partial charge on any atom is -0.309 e. The Morgan fingerprint density at radius 3 is 2.43 bits per heavy atom. The third-order valence-corrected chi connectivity index (χ3v) is 5.12. The first-order valence-corrected chi connectivity index (χ1v) is 9.50. The van der Waals surface area contributed by atoms with E-state index < -0.39 is 0 Å². The number of fused-ring (bicyclic) bond motifs is 1. The molecule has 1 aliphatic rings. The van der Waals surface area contributed by atoms with Gasteiger partial charge in [-0.2, -0.15) is 0 Å². The first-order chi connectivity index (χ1) is 14.3. The zero-order valence-corrected chi connectivity index (χ0v) is 16.9. The fourth-order valence-electron chi connectivity index (χ4n) is 3.63. The van der Waals surface area contributed by atoms with Crippen LogP contribution in [0.4, 0.5) is 5.82 Å². The molecule has 2 heterocycles. The Morgan fingerprint density at radius 1 is 0.967 bits per heavy atom. The highest BCUT2D eigenvalue weighted by Gasteiger charge is 2.35.